The molecule has 11 heteroatoms. The predicted molar refractivity (Wildman–Crippen MR) is 64.2 cm³/mol. The van der Waals surface area contributed by atoms with Crippen LogP contribution in [-0.4, -0.2) is 70.7 Å². The van der Waals surface area contributed by atoms with Crippen LogP contribution in [-0.2, 0) is 4.74 Å². The van der Waals surface area contributed by atoms with Crippen LogP contribution in [0.5, 0.6) is 0 Å². The Labute approximate surface area is 111 Å². The summed E-state index contributed by atoms with van der Waals surface area (Å²) in [7, 11) is 0. The van der Waals surface area contributed by atoms with Crippen molar-refractivity contribution in [3.8, 4) is 0 Å². The lowest BCUT2D eigenvalue weighted by atomic mass is 10.1. The molecule has 0 radical (unpaired) electrons. The highest BCUT2D eigenvalue weighted by Crippen LogP contribution is 2.30. The molecular weight excluding hydrogens is 272 g/mol. The Kier molecular flexibility index (Phi) is 3.78. The number of ether oxygens (including phenoxy) is 1. The number of hydrogen-bond donors (Lipinski definition) is 4. The maximum absolute atomic E-state index is 9.91. The summed E-state index contributed by atoms with van der Waals surface area (Å²) in [5.41, 5.74) is 6.18. The van der Waals surface area contributed by atoms with Gasteiger partial charge in [0, 0.05) is 0 Å². The first-order chi connectivity index (χ1) is 9.13. The molecule has 20 heavy (non-hydrogen) atoms. The van der Waals surface area contributed by atoms with Crippen molar-refractivity contribution < 1.29 is 25.5 Å². The minimum Gasteiger partial charge on any atom is -0.412 e. The molecule has 0 bridgehead atoms. The molecule has 1 aliphatic rings. The zero-order chi connectivity index (χ0) is 13.6. The maximum Gasteiger partial charge on any atom is 0.186 e. The van der Waals surface area contributed by atoms with Gasteiger partial charge in [-0.2, -0.15) is 4.68 Å². The van der Waals surface area contributed by atoms with Crippen LogP contribution in [0.25, 0.3) is 11.2 Å². The van der Waals surface area contributed by atoms with E-state index in [2.05, 4.69) is 20.3 Å². The molecule has 0 unspecified atom stereocenters. The molecule has 4 atom stereocenters. The fraction of sp³-hybridized carbons (Fsp3) is 0.556. The number of rotatable bonds is 2. The molecule has 110 valence electrons. The maximum atomic E-state index is 9.91. The van der Waals surface area contributed by atoms with E-state index in [-0.39, 0.29) is 22.5 Å². The molecule has 0 aliphatic carbocycles. The lowest BCUT2D eigenvalue weighted by Gasteiger charge is -2.14. The number of aromatic nitrogens is 5. The number of nitrogen functional groups attached to an aromatic ring is 1. The van der Waals surface area contributed by atoms with Crippen LogP contribution in [0, 0.1) is 0 Å². The summed E-state index contributed by atoms with van der Waals surface area (Å²) in [6.07, 6.45) is -3.12. The van der Waals surface area contributed by atoms with Gasteiger partial charge in [0.2, 0.25) is 0 Å². The minimum atomic E-state index is -1.25. The molecule has 2 aromatic heterocycles. The summed E-state index contributed by atoms with van der Waals surface area (Å²) in [4.78, 5) is 7.74. The highest BCUT2D eigenvalue weighted by atomic mass is 16.6. The second kappa shape index (κ2) is 5.22. The van der Waals surface area contributed by atoms with Crippen molar-refractivity contribution in [1.29, 1.82) is 0 Å². The molecule has 7 N–H and O–H groups in total. The third kappa shape index (κ3) is 1.97. The van der Waals surface area contributed by atoms with Gasteiger partial charge in [-0.15, -0.1) is 5.10 Å². The molecule has 0 amide bonds. The Morgan fingerprint density at radius 2 is 2.05 bits per heavy atom. The van der Waals surface area contributed by atoms with Gasteiger partial charge in [0.1, 0.15) is 24.6 Å². The topological polar surface area (TPSA) is 184 Å². The third-order valence-corrected chi connectivity index (χ3v) is 3.05. The normalized spacial score (nSPS) is 29.6. The van der Waals surface area contributed by atoms with Gasteiger partial charge in [-0.1, -0.05) is 5.21 Å². The van der Waals surface area contributed by atoms with E-state index in [0.717, 1.165) is 0 Å². The quantitative estimate of drug-likeness (QED) is 0.436. The van der Waals surface area contributed by atoms with Crippen molar-refractivity contribution in [3.05, 3.63) is 6.33 Å². The van der Waals surface area contributed by atoms with Crippen LogP contribution in [0.15, 0.2) is 6.33 Å². The SMILES string of the molecule is Nc1ncnc2c1nnn2[C@@H]1O[C@H](CO)[C@@H](O)[C@H]1O.O. The summed E-state index contributed by atoms with van der Waals surface area (Å²) in [5, 5.41) is 36.2. The van der Waals surface area contributed by atoms with Crippen molar-refractivity contribution in [2.24, 2.45) is 0 Å². The van der Waals surface area contributed by atoms with Crippen LogP contribution < -0.4 is 5.73 Å². The van der Waals surface area contributed by atoms with Crippen LogP contribution >= 0.6 is 0 Å². The average molecular weight is 286 g/mol. The second-order valence-electron chi connectivity index (χ2n) is 4.19. The molecule has 0 spiro atoms. The molecule has 1 saturated heterocycles. The van der Waals surface area contributed by atoms with Gasteiger partial charge in [0.05, 0.1) is 6.61 Å². The van der Waals surface area contributed by atoms with Gasteiger partial charge < -0.3 is 31.3 Å². The van der Waals surface area contributed by atoms with Crippen molar-refractivity contribution in [1.82, 2.24) is 25.0 Å². The molecule has 3 rings (SSSR count). The monoisotopic (exact) mass is 286 g/mol. The Morgan fingerprint density at radius 1 is 1.30 bits per heavy atom. The number of aliphatic hydroxyl groups is 3. The lowest BCUT2D eigenvalue weighted by molar-refractivity contribution is -0.0574. The van der Waals surface area contributed by atoms with Gasteiger partial charge in [0.15, 0.2) is 23.2 Å². The standard InChI is InChI=1S/C9H12N6O4.H2O/c10-7-4-8(12-2-11-7)15(14-13-4)9-6(18)5(17)3(1-16)19-9;/h2-3,5-6,9,16-18H,1H2,(H2,10,11,12);1H2/t3-,5-,6-,9-;/m1./s1. The van der Waals surface area contributed by atoms with Gasteiger partial charge >= 0.3 is 0 Å². The van der Waals surface area contributed by atoms with E-state index in [1.54, 1.807) is 0 Å². The molecule has 11 nitrogen and oxygen atoms in total. The van der Waals surface area contributed by atoms with E-state index in [1.165, 1.54) is 11.0 Å². The van der Waals surface area contributed by atoms with E-state index in [4.69, 9.17) is 15.6 Å². The zero-order valence-corrected chi connectivity index (χ0v) is 10.2. The first kappa shape index (κ1) is 14.5. The van der Waals surface area contributed by atoms with E-state index >= 15 is 0 Å². The molecule has 2 aromatic rings. The summed E-state index contributed by atoms with van der Waals surface area (Å²) in [5.74, 6) is 0.156. The highest BCUT2D eigenvalue weighted by molar-refractivity contribution is 5.80. The molecule has 3 heterocycles. The minimum absolute atomic E-state index is 0. The highest BCUT2D eigenvalue weighted by Gasteiger charge is 2.44. The largest absolute Gasteiger partial charge is 0.412 e. The zero-order valence-electron chi connectivity index (χ0n) is 10.2. The first-order valence-electron chi connectivity index (χ1n) is 5.57. The van der Waals surface area contributed by atoms with Gasteiger partial charge in [0.25, 0.3) is 0 Å². The summed E-state index contributed by atoms with van der Waals surface area (Å²) in [6, 6.07) is 0. The average Bonchev–Trinajstić information content (AvgIpc) is 2.94. The lowest BCUT2D eigenvalue weighted by Crippen LogP contribution is -2.33. The second-order valence-corrected chi connectivity index (χ2v) is 4.19. The number of fused-ring (bicyclic) bond motifs is 1. The van der Waals surface area contributed by atoms with Gasteiger partial charge in [-0.3, -0.25) is 0 Å². The van der Waals surface area contributed by atoms with E-state index in [9.17, 15) is 10.2 Å². The Morgan fingerprint density at radius 3 is 2.70 bits per heavy atom. The van der Waals surface area contributed by atoms with Crippen molar-refractivity contribution >= 4 is 17.0 Å². The molecule has 1 aliphatic heterocycles. The summed E-state index contributed by atoms with van der Waals surface area (Å²) < 4.78 is 6.54. The fourth-order valence-corrected chi connectivity index (χ4v) is 2.03. The molecule has 0 aromatic carbocycles. The first-order valence-corrected chi connectivity index (χ1v) is 5.57. The van der Waals surface area contributed by atoms with Gasteiger partial charge in [-0.25, -0.2) is 9.97 Å². The number of anilines is 1. The van der Waals surface area contributed by atoms with Crippen molar-refractivity contribution in [3.63, 3.8) is 0 Å². The van der Waals surface area contributed by atoms with Crippen molar-refractivity contribution in [2.75, 3.05) is 12.3 Å². The smallest absolute Gasteiger partial charge is 0.186 e. The fourth-order valence-electron chi connectivity index (χ4n) is 2.03. The van der Waals surface area contributed by atoms with E-state index in [1.807, 2.05) is 0 Å². The summed E-state index contributed by atoms with van der Waals surface area (Å²) in [6.45, 7) is -0.418. The molecular formula is C9H14N6O5. The Bertz CT molecular complexity index is 606. The molecule has 0 saturated carbocycles. The number of aliphatic hydroxyl groups excluding tert-OH is 3. The Balaban J connectivity index is 0.00000147. The van der Waals surface area contributed by atoms with Crippen LogP contribution in [0.2, 0.25) is 0 Å². The Hall–Kier alpha value is -1.92. The number of nitrogens with two attached hydrogens (primary N) is 1. The summed E-state index contributed by atoms with van der Waals surface area (Å²) >= 11 is 0. The number of nitrogens with zero attached hydrogens (tertiary/aromatic N) is 5. The van der Waals surface area contributed by atoms with Crippen molar-refractivity contribution in [2.45, 2.75) is 24.5 Å². The predicted octanol–water partition coefficient (Wildman–Crippen LogP) is -3.41. The van der Waals surface area contributed by atoms with Crippen LogP contribution in [0.1, 0.15) is 6.23 Å². The van der Waals surface area contributed by atoms with Gasteiger partial charge in [-0.05, 0) is 0 Å². The number of hydrogen-bond acceptors (Lipinski definition) is 9. The van der Waals surface area contributed by atoms with Crippen LogP contribution in [0.3, 0.4) is 0 Å². The molecule has 1 fully saturated rings. The van der Waals surface area contributed by atoms with E-state index in [0.29, 0.717) is 0 Å². The third-order valence-electron chi connectivity index (χ3n) is 3.05. The van der Waals surface area contributed by atoms with E-state index < -0.39 is 31.1 Å². The van der Waals surface area contributed by atoms with Crippen LogP contribution in [0.4, 0.5) is 5.82 Å².